The lowest BCUT2D eigenvalue weighted by Crippen LogP contribution is -2.27. The van der Waals surface area contributed by atoms with Crippen molar-refractivity contribution in [2.75, 3.05) is 5.32 Å². The molecule has 2 heterocycles. The second-order valence-corrected chi connectivity index (χ2v) is 8.18. The predicted octanol–water partition coefficient (Wildman–Crippen LogP) is 4.72. The molecule has 0 fully saturated rings. The van der Waals surface area contributed by atoms with Gasteiger partial charge in [0.1, 0.15) is 11.1 Å². The first kappa shape index (κ1) is 20.2. The van der Waals surface area contributed by atoms with Crippen molar-refractivity contribution >= 4 is 39.6 Å². The van der Waals surface area contributed by atoms with Gasteiger partial charge in [-0.15, -0.1) is 0 Å². The summed E-state index contributed by atoms with van der Waals surface area (Å²) in [7, 11) is 0. The molecule has 0 saturated heterocycles. The standard InChI is InChI=1S/C23H21N3O5/c1-23(2,3)31-22(30)25-14-6-4-5-12(9-14)13-7-8-17-15(10-13)18-16(21(28)29)11-24-19(18)20(27)26-17/h4-11,24H,1-3H3,(H,25,30)(H,26,27)(H,28,29). The van der Waals surface area contributed by atoms with Crippen LogP contribution in [0.3, 0.4) is 0 Å². The third-order valence-electron chi connectivity index (χ3n) is 4.72. The van der Waals surface area contributed by atoms with Gasteiger partial charge in [0.2, 0.25) is 0 Å². The van der Waals surface area contributed by atoms with E-state index in [0.29, 0.717) is 22.0 Å². The second-order valence-electron chi connectivity index (χ2n) is 8.18. The van der Waals surface area contributed by atoms with Gasteiger partial charge in [-0.1, -0.05) is 18.2 Å². The highest BCUT2D eigenvalue weighted by molar-refractivity contribution is 6.15. The smallest absolute Gasteiger partial charge is 0.412 e. The van der Waals surface area contributed by atoms with Crippen LogP contribution in [0.5, 0.6) is 0 Å². The second kappa shape index (κ2) is 7.32. The van der Waals surface area contributed by atoms with E-state index in [-0.39, 0.29) is 16.6 Å². The minimum absolute atomic E-state index is 0.0311. The largest absolute Gasteiger partial charge is 0.478 e. The highest BCUT2D eigenvalue weighted by atomic mass is 16.6. The number of benzene rings is 2. The van der Waals surface area contributed by atoms with Gasteiger partial charge in [0.15, 0.2) is 0 Å². The zero-order valence-electron chi connectivity index (χ0n) is 17.2. The number of aromatic carboxylic acids is 1. The molecule has 0 unspecified atom stereocenters. The number of H-pyrrole nitrogens is 2. The Bertz CT molecular complexity index is 1390. The number of hydrogen-bond donors (Lipinski definition) is 4. The molecule has 4 aromatic rings. The highest BCUT2D eigenvalue weighted by Gasteiger charge is 2.18. The lowest BCUT2D eigenvalue weighted by atomic mass is 10.00. The van der Waals surface area contributed by atoms with Gasteiger partial charge in [-0.3, -0.25) is 10.1 Å². The van der Waals surface area contributed by atoms with Crippen LogP contribution in [0, 0.1) is 0 Å². The Kier molecular flexibility index (Phi) is 4.77. The van der Waals surface area contributed by atoms with Crippen LogP contribution in [0.4, 0.5) is 10.5 Å². The van der Waals surface area contributed by atoms with Crippen molar-refractivity contribution in [3.05, 3.63) is 64.6 Å². The third-order valence-corrected chi connectivity index (χ3v) is 4.72. The summed E-state index contributed by atoms with van der Waals surface area (Å²) in [6.45, 7) is 5.36. The van der Waals surface area contributed by atoms with Crippen molar-refractivity contribution < 1.29 is 19.4 Å². The molecule has 0 saturated carbocycles. The van der Waals surface area contributed by atoms with E-state index < -0.39 is 17.7 Å². The Labute approximate surface area is 176 Å². The molecule has 2 aromatic heterocycles. The monoisotopic (exact) mass is 419 g/mol. The molecule has 8 nitrogen and oxygen atoms in total. The Morgan fingerprint density at radius 2 is 1.81 bits per heavy atom. The van der Waals surface area contributed by atoms with Crippen LogP contribution in [0.15, 0.2) is 53.5 Å². The van der Waals surface area contributed by atoms with Crippen molar-refractivity contribution in [3.8, 4) is 11.1 Å². The molecule has 8 heteroatoms. The van der Waals surface area contributed by atoms with Crippen LogP contribution in [-0.4, -0.2) is 32.7 Å². The first-order valence-corrected chi connectivity index (χ1v) is 9.63. The maximum atomic E-state index is 12.3. The quantitative estimate of drug-likeness (QED) is 0.382. The molecule has 0 aliphatic carbocycles. The first-order chi connectivity index (χ1) is 14.6. The van der Waals surface area contributed by atoms with E-state index in [4.69, 9.17) is 4.74 Å². The number of carboxylic acids is 1. The average molecular weight is 419 g/mol. The molecule has 4 N–H and O–H groups in total. The van der Waals surface area contributed by atoms with Gasteiger partial charge >= 0.3 is 12.1 Å². The summed E-state index contributed by atoms with van der Waals surface area (Å²) >= 11 is 0. The molecule has 0 aliphatic rings. The summed E-state index contributed by atoms with van der Waals surface area (Å²) in [4.78, 5) is 41.5. The molecule has 2 aromatic carbocycles. The molecule has 0 spiro atoms. The number of aromatic nitrogens is 2. The summed E-state index contributed by atoms with van der Waals surface area (Å²) in [6, 6.07) is 12.6. The van der Waals surface area contributed by atoms with Crippen LogP contribution in [-0.2, 0) is 4.74 Å². The van der Waals surface area contributed by atoms with Gasteiger partial charge < -0.3 is 19.8 Å². The molecule has 1 amide bonds. The summed E-state index contributed by atoms with van der Waals surface area (Å²) in [5.41, 5.74) is 1.95. The first-order valence-electron chi connectivity index (χ1n) is 9.63. The van der Waals surface area contributed by atoms with Crippen LogP contribution in [0.2, 0.25) is 0 Å². The molecule has 0 bridgehead atoms. The van der Waals surface area contributed by atoms with Crippen molar-refractivity contribution in [1.29, 1.82) is 0 Å². The Morgan fingerprint density at radius 1 is 1.06 bits per heavy atom. The van der Waals surface area contributed by atoms with Crippen molar-refractivity contribution in [2.24, 2.45) is 0 Å². The number of rotatable bonds is 3. The normalized spacial score (nSPS) is 11.6. The number of carbonyl (C=O) groups excluding carboxylic acids is 1. The number of nitrogens with one attached hydrogen (secondary N) is 3. The number of aromatic amines is 2. The van der Waals surface area contributed by atoms with Crippen molar-refractivity contribution in [3.63, 3.8) is 0 Å². The zero-order chi connectivity index (χ0) is 22.3. The molecule has 158 valence electrons. The minimum atomic E-state index is -1.12. The van der Waals surface area contributed by atoms with E-state index in [1.165, 1.54) is 6.20 Å². The van der Waals surface area contributed by atoms with E-state index in [1.807, 2.05) is 18.2 Å². The summed E-state index contributed by atoms with van der Waals surface area (Å²) < 4.78 is 5.29. The van der Waals surface area contributed by atoms with Gasteiger partial charge in [0.25, 0.3) is 5.56 Å². The maximum absolute atomic E-state index is 12.3. The number of carbonyl (C=O) groups is 2. The Hall–Kier alpha value is -4.07. The van der Waals surface area contributed by atoms with Crippen LogP contribution >= 0.6 is 0 Å². The highest BCUT2D eigenvalue weighted by Crippen LogP contribution is 2.30. The summed E-state index contributed by atoms with van der Waals surface area (Å²) in [5, 5.41) is 13.2. The molecule has 4 rings (SSSR count). The third kappa shape index (κ3) is 4.00. The molecule has 0 radical (unpaired) electrons. The Balaban J connectivity index is 1.79. The fourth-order valence-corrected chi connectivity index (χ4v) is 3.47. The summed E-state index contributed by atoms with van der Waals surface area (Å²) in [5.74, 6) is -1.12. The predicted molar refractivity (Wildman–Crippen MR) is 119 cm³/mol. The molecule has 31 heavy (non-hydrogen) atoms. The molecule has 0 atom stereocenters. The molecular weight excluding hydrogens is 398 g/mol. The molecule has 0 aliphatic heterocycles. The number of ether oxygens (including phenoxy) is 1. The van der Waals surface area contributed by atoms with Gasteiger partial charge in [-0.05, 0) is 56.2 Å². The number of anilines is 1. The van der Waals surface area contributed by atoms with E-state index in [0.717, 1.165) is 11.1 Å². The van der Waals surface area contributed by atoms with Crippen LogP contribution < -0.4 is 10.9 Å². The zero-order valence-corrected chi connectivity index (χ0v) is 17.2. The van der Waals surface area contributed by atoms with E-state index >= 15 is 0 Å². The van der Waals surface area contributed by atoms with Crippen LogP contribution in [0.25, 0.3) is 32.9 Å². The number of carboxylic acid groups (broad SMARTS) is 1. The number of fused-ring (bicyclic) bond motifs is 3. The van der Waals surface area contributed by atoms with Gasteiger partial charge in [0, 0.05) is 28.2 Å². The van der Waals surface area contributed by atoms with E-state index in [9.17, 15) is 19.5 Å². The maximum Gasteiger partial charge on any atom is 0.412 e. The van der Waals surface area contributed by atoms with E-state index in [1.54, 1.807) is 45.0 Å². The van der Waals surface area contributed by atoms with Crippen molar-refractivity contribution in [2.45, 2.75) is 26.4 Å². The topological polar surface area (TPSA) is 124 Å². The fraction of sp³-hybridized carbons (Fsp3) is 0.174. The lowest BCUT2D eigenvalue weighted by Gasteiger charge is -2.19. The number of pyridine rings is 1. The SMILES string of the molecule is CC(C)(C)OC(=O)Nc1cccc(-c2ccc3[nH]c(=O)c4[nH]cc(C(=O)O)c4c3c2)c1. The Morgan fingerprint density at radius 3 is 2.52 bits per heavy atom. The fourth-order valence-electron chi connectivity index (χ4n) is 3.47. The summed E-state index contributed by atoms with van der Waals surface area (Å²) in [6.07, 6.45) is 0.764. The lowest BCUT2D eigenvalue weighted by molar-refractivity contribution is 0.0634. The average Bonchev–Trinajstić information content (AvgIpc) is 3.13. The van der Waals surface area contributed by atoms with Crippen molar-refractivity contribution in [1.82, 2.24) is 9.97 Å². The van der Waals surface area contributed by atoms with Crippen LogP contribution in [0.1, 0.15) is 31.1 Å². The number of amides is 1. The van der Waals surface area contributed by atoms with Gasteiger partial charge in [0.05, 0.1) is 5.56 Å². The van der Waals surface area contributed by atoms with E-state index in [2.05, 4.69) is 15.3 Å². The van der Waals surface area contributed by atoms with Gasteiger partial charge in [-0.2, -0.15) is 0 Å². The minimum Gasteiger partial charge on any atom is -0.478 e. The number of hydrogen-bond acceptors (Lipinski definition) is 4. The molecular formula is C23H21N3O5. The van der Waals surface area contributed by atoms with Gasteiger partial charge in [-0.25, -0.2) is 9.59 Å².